The number of aryl methyl sites for hydroxylation is 1. The van der Waals surface area contributed by atoms with Gasteiger partial charge in [0.1, 0.15) is 0 Å². The van der Waals surface area contributed by atoms with E-state index in [4.69, 9.17) is 0 Å². The smallest absolute Gasteiger partial charge is 0.0162 e. The van der Waals surface area contributed by atoms with E-state index in [0.29, 0.717) is 0 Å². The van der Waals surface area contributed by atoms with E-state index in [1.165, 1.54) is 63.4 Å². The van der Waals surface area contributed by atoms with Gasteiger partial charge >= 0.3 is 0 Å². The predicted octanol–water partition coefficient (Wildman–Crippen LogP) is 6.88. The van der Waals surface area contributed by atoms with E-state index in [9.17, 15) is 0 Å². The molecular formula is C21H34. The van der Waals surface area contributed by atoms with Gasteiger partial charge in [-0.2, -0.15) is 0 Å². The third-order valence-electron chi connectivity index (χ3n) is 5.49. The van der Waals surface area contributed by atoms with Crippen LogP contribution in [-0.2, 0) is 0 Å². The number of hydrogen-bond acceptors (Lipinski definition) is 0. The molecule has 0 amide bonds. The number of rotatable bonds is 7. The van der Waals surface area contributed by atoms with E-state index >= 15 is 0 Å². The summed E-state index contributed by atoms with van der Waals surface area (Å²) in [6.45, 7) is 6.92. The second-order valence-electron chi connectivity index (χ2n) is 7.45. The summed E-state index contributed by atoms with van der Waals surface area (Å²) < 4.78 is 0. The highest BCUT2D eigenvalue weighted by atomic mass is 14.3. The summed E-state index contributed by atoms with van der Waals surface area (Å²) in [5.74, 6) is 2.79. The number of hydrogen-bond donors (Lipinski definition) is 0. The molecule has 0 nitrogen and oxygen atoms in total. The van der Waals surface area contributed by atoms with Crippen molar-refractivity contribution in [2.75, 3.05) is 0 Å². The maximum Gasteiger partial charge on any atom is -0.0162 e. The van der Waals surface area contributed by atoms with Gasteiger partial charge in [0.2, 0.25) is 0 Å². The minimum atomic E-state index is 0.834. The standard InChI is InChI=1S/C21H34/c1-4-6-17(2)7-5-8-19-11-15-21(16-12-19)20-13-9-18(3)10-14-20/h9-10,13-14,17,19,21H,4-8,11-12,15-16H2,1-3H3. The van der Waals surface area contributed by atoms with Gasteiger partial charge in [0, 0.05) is 0 Å². The average molecular weight is 287 g/mol. The molecule has 1 aliphatic carbocycles. The van der Waals surface area contributed by atoms with Crippen molar-refractivity contribution in [3.8, 4) is 0 Å². The molecule has 1 atom stereocenters. The molecule has 0 aliphatic heterocycles. The molecular weight excluding hydrogens is 252 g/mol. The Morgan fingerprint density at radius 3 is 2.29 bits per heavy atom. The maximum atomic E-state index is 2.43. The minimum Gasteiger partial charge on any atom is -0.0654 e. The van der Waals surface area contributed by atoms with E-state index < -0.39 is 0 Å². The van der Waals surface area contributed by atoms with E-state index in [0.717, 1.165) is 17.8 Å². The fourth-order valence-corrected chi connectivity index (χ4v) is 4.02. The van der Waals surface area contributed by atoms with Crippen LogP contribution in [0.1, 0.15) is 88.7 Å². The first-order chi connectivity index (χ1) is 10.2. The Morgan fingerprint density at radius 1 is 1.00 bits per heavy atom. The van der Waals surface area contributed by atoms with Crippen LogP contribution >= 0.6 is 0 Å². The van der Waals surface area contributed by atoms with Gasteiger partial charge in [-0.1, -0.05) is 75.8 Å². The zero-order valence-electron chi connectivity index (χ0n) is 14.4. The van der Waals surface area contributed by atoms with Crippen LogP contribution in [-0.4, -0.2) is 0 Å². The summed E-state index contributed by atoms with van der Waals surface area (Å²) in [7, 11) is 0. The molecule has 1 aromatic rings. The van der Waals surface area contributed by atoms with E-state index in [1.54, 1.807) is 5.56 Å². The van der Waals surface area contributed by atoms with Gasteiger partial charge in [0.05, 0.1) is 0 Å². The lowest BCUT2D eigenvalue weighted by atomic mass is 9.76. The molecule has 0 N–H and O–H groups in total. The van der Waals surface area contributed by atoms with Crippen LogP contribution < -0.4 is 0 Å². The van der Waals surface area contributed by atoms with Crippen LogP contribution in [0, 0.1) is 18.8 Å². The Labute approximate surface area is 132 Å². The van der Waals surface area contributed by atoms with E-state index in [2.05, 4.69) is 45.0 Å². The van der Waals surface area contributed by atoms with Crippen molar-refractivity contribution < 1.29 is 0 Å². The van der Waals surface area contributed by atoms with Crippen LogP contribution in [0.4, 0.5) is 0 Å². The van der Waals surface area contributed by atoms with Crippen molar-refractivity contribution in [3.63, 3.8) is 0 Å². The zero-order chi connectivity index (χ0) is 15.1. The molecule has 1 aliphatic rings. The first-order valence-electron chi connectivity index (χ1n) is 9.25. The first-order valence-corrected chi connectivity index (χ1v) is 9.25. The summed E-state index contributed by atoms with van der Waals surface area (Å²) >= 11 is 0. The lowest BCUT2D eigenvalue weighted by Crippen LogP contribution is -2.13. The topological polar surface area (TPSA) is 0 Å². The van der Waals surface area contributed by atoms with Crippen molar-refractivity contribution in [3.05, 3.63) is 35.4 Å². The Bertz CT molecular complexity index is 381. The maximum absolute atomic E-state index is 2.43. The van der Waals surface area contributed by atoms with Crippen LogP contribution in [0.5, 0.6) is 0 Å². The predicted molar refractivity (Wildman–Crippen MR) is 93.8 cm³/mol. The van der Waals surface area contributed by atoms with Crippen molar-refractivity contribution >= 4 is 0 Å². The molecule has 118 valence electrons. The van der Waals surface area contributed by atoms with Gasteiger partial charge < -0.3 is 0 Å². The molecule has 0 heterocycles. The largest absolute Gasteiger partial charge is 0.0654 e. The average Bonchev–Trinajstić information content (AvgIpc) is 2.49. The van der Waals surface area contributed by atoms with Crippen molar-refractivity contribution in [1.82, 2.24) is 0 Å². The highest BCUT2D eigenvalue weighted by Crippen LogP contribution is 2.37. The van der Waals surface area contributed by atoms with Gasteiger partial charge in [-0.15, -0.1) is 0 Å². The summed E-state index contributed by atoms with van der Waals surface area (Å²) in [6, 6.07) is 9.26. The molecule has 0 radical (unpaired) electrons. The molecule has 0 spiro atoms. The second kappa shape index (κ2) is 8.61. The molecule has 1 fully saturated rings. The molecule has 1 aromatic carbocycles. The molecule has 0 aromatic heterocycles. The Balaban J connectivity index is 1.67. The lowest BCUT2D eigenvalue weighted by Gasteiger charge is -2.29. The fourth-order valence-electron chi connectivity index (χ4n) is 4.02. The monoisotopic (exact) mass is 286 g/mol. The van der Waals surface area contributed by atoms with Crippen molar-refractivity contribution in [2.24, 2.45) is 11.8 Å². The Hall–Kier alpha value is -0.780. The summed E-state index contributed by atoms with van der Waals surface area (Å²) in [5.41, 5.74) is 2.96. The summed E-state index contributed by atoms with van der Waals surface area (Å²) in [6.07, 6.45) is 12.9. The Kier molecular flexibility index (Phi) is 6.80. The fraction of sp³-hybridized carbons (Fsp3) is 0.714. The SMILES string of the molecule is CCCC(C)CCCC1CCC(c2ccc(C)cc2)CC1. The third-order valence-corrected chi connectivity index (χ3v) is 5.49. The summed E-state index contributed by atoms with van der Waals surface area (Å²) in [5, 5.41) is 0. The van der Waals surface area contributed by atoms with Crippen LogP contribution in [0.15, 0.2) is 24.3 Å². The molecule has 21 heavy (non-hydrogen) atoms. The first kappa shape index (κ1) is 16.6. The van der Waals surface area contributed by atoms with Crippen molar-refractivity contribution in [1.29, 1.82) is 0 Å². The summed E-state index contributed by atoms with van der Waals surface area (Å²) in [4.78, 5) is 0. The van der Waals surface area contributed by atoms with Gasteiger partial charge in [0.15, 0.2) is 0 Å². The third kappa shape index (κ3) is 5.49. The molecule has 1 saturated carbocycles. The van der Waals surface area contributed by atoms with E-state index in [-0.39, 0.29) is 0 Å². The Morgan fingerprint density at radius 2 is 1.67 bits per heavy atom. The molecule has 0 bridgehead atoms. The zero-order valence-corrected chi connectivity index (χ0v) is 14.4. The quantitative estimate of drug-likeness (QED) is 0.512. The van der Waals surface area contributed by atoms with Gasteiger partial charge in [0.25, 0.3) is 0 Å². The number of benzene rings is 1. The lowest BCUT2D eigenvalue weighted by molar-refractivity contribution is 0.295. The second-order valence-corrected chi connectivity index (χ2v) is 7.45. The van der Waals surface area contributed by atoms with Crippen LogP contribution in [0.2, 0.25) is 0 Å². The van der Waals surface area contributed by atoms with Crippen LogP contribution in [0.3, 0.4) is 0 Å². The van der Waals surface area contributed by atoms with Crippen molar-refractivity contribution in [2.45, 2.75) is 84.5 Å². The van der Waals surface area contributed by atoms with E-state index in [1.807, 2.05) is 0 Å². The highest BCUT2D eigenvalue weighted by molar-refractivity contribution is 5.24. The van der Waals surface area contributed by atoms with Gasteiger partial charge in [-0.25, -0.2) is 0 Å². The molecule has 2 rings (SSSR count). The minimum absolute atomic E-state index is 0.834. The van der Waals surface area contributed by atoms with Gasteiger partial charge in [-0.05, 0) is 55.9 Å². The molecule has 0 saturated heterocycles. The molecule has 0 heteroatoms. The van der Waals surface area contributed by atoms with Crippen LogP contribution in [0.25, 0.3) is 0 Å². The highest BCUT2D eigenvalue weighted by Gasteiger charge is 2.22. The molecule has 1 unspecified atom stereocenters. The normalized spacial score (nSPS) is 24.0. The van der Waals surface area contributed by atoms with Gasteiger partial charge in [-0.3, -0.25) is 0 Å².